The van der Waals surface area contributed by atoms with Crippen LogP contribution in [0.5, 0.6) is 5.75 Å². The first-order chi connectivity index (χ1) is 5.74. The summed E-state index contributed by atoms with van der Waals surface area (Å²) in [5.41, 5.74) is -0.00204. The van der Waals surface area contributed by atoms with Gasteiger partial charge in [-0.05, 0) is 12.1 Å². The number of hydrogen-bond donors (Lipinski definition) is 0. The Bertz CT molecular complexity index is 274. The van der Waals surface area contributed by atoms with Gasteiger partial charge in [-0.15, -0.1) is 0 Å². The lowest BCUT2D eigenvalue weighted by atomic mass is 10.2. The summed E-state index contributed by atoms with van der Waals surface area (Å²) in [6.45, 7) is -2.92. The first kappa shape index (κ1) is 8.64. The molecule has 0 amide bonds. The summed E-state index contributed by atoms with van der Waals surface area (Å²) in [5.74, 6) is -0.150. The highest BCUT2D eigenvalue weighted by atomic mass is 19.3. The van der Waals surface area contributed by atoms with Gasteiger partial charge in [0.1, 0.15) is 5.75 Å². The molecule has 63 valence electrons. The van der Waals surface area contributed by atoms with Crippen molar-refractivity contribution in [3.63, 3.8) is 0 Å². The summed E-state index contributed by atoms with van der Waals surface area (Å²) in [6.07, 6.45) is 1.49. The normalized spacial score (nSPS) is 9.92. The van der Waals surface area contributed by atoms with Gasteiger partial charge in [0.2, 0.25) is 6.29 Å². The Balaban J connectivity index is 2.89. The predicted molar refractivity (Wildman–Crippen MR) is 37.9 cm³/mol. The molecule has 1 aromatic carbocycles. The van der Waals surface area contributed by atoms with Crippen molar-refractivity contribution in [2.75, 3.05) is 0 Å². The van der Waals surface area contributed by atoms with Crippen molar-refractivity contribution in [2.45, 2.75) is 6.61 Å². The minimum atomic E-state index is -2.92. The van der Waals surface area contributed by atoms with Crippen LogP contribution in [0.1, 0.15) is 5.56 Å². The highest BCUT2D eigenvalue weighted by Crippen LogP contribution is 2.17. The van der Waals surface area contributed by atoms with Crippen molar-refractivity contribution in [3.05, 3.63) is 29.8 Å². The van der Waals surface area contributed by atoms with Crippen LogP contribution in [0, 0.1) is 0 Å². The molecule has 0 aliphatic carbocycles. The highest BCUT2D eigenvalue weighted by molar-refractivity contribution is 5.79. The fraction of sp³-hybridized carbons (Fsp3) is 0.125. The standard InChI is InChI=1S/C8H5F2O2/c9-8(10)12-7-4-2-1-3-6(7)5-11/h1-4,8H. The lowest BCUT2D eigenvalue weighted by Crippen LogP contribution is -2.03. The van der Waals surface area contributed by atoms with Crippen LogP contribution >= 0.6 is 0 Å². The molecule has 4 heteroatoms. The maximum atomic E-state index is 11.7. The van der Waals surface area contributed by atoms with Gasteiger partial charge < -0.3 is 4.74 Å². The second kappa shape index (κ2) is 3.80. The topological polar surface area (TPSA) is 26.3 Å². The lowest BCUT2D eigenvalue weighted by molar-refractivity contribution is -0.0499. The van der Waals surface area contributed by atoms with Crippen LogP contribution in [0.3, 0.4) is 0 Å². The Labute approximate surface area is 67.8 Å². The van der Waals surface area contributed by atoms with E-state index in [1.54, 1.807) is 6.07 Å². The number of rotatable bonds is 3. The van der Waals surface area contributed by atoms with E-state index in [4.69, 9.17) is 0 Å². The molecule has 0 unspecified atom stereocenters. The van der Waals surface area contributed by atoms with Crippen molar-refractivity contribution in [1.82, 2.24) is 0 Å². The fourth-order valence-corrected chi connectivity index (χ4v) is 0.750. The number of hydrogen-bond acceptors (Lipinski definition) is 2. The molecule has 0 bridgehead atoms. The fourth-order valence-electron chi connectivity index (χ4n) is 0.750. The van der Waals surface area contributed by atoms with E-state index in [1.807, 2.05) is 0 Å². The number of halogens is 2. The van der Waals surface area contributed by atoms with Gasteiger partial charge in [0.05, 0.1) is 5.56 Å². The van der Waals surface area contributed by atoms with E-state index >= 15 is 0 Å². The molecule has 0 fully saturated rings. The molecule has 1 rings (SSSR count). The van der Waals surface area contributed by atoms with Gasteiger partial charge in [0, 0.05) is 0 Å². The second-order valence-electron chi connectivity index (χ2n) is 1.98. The molecule has 12 heavy (non-hydrogen) atoms. The van der Waals surface area contributed by atoms with Crippen molar-refractivity contribution in [3.8, 4) is 5.75 Å². The van der Waals surface area contributed by atoms with Gasteiger partial charge in [-0.25, -0.2) is 0 Å². The largest absolute Gasteiger partial charge is 0.434 e. The molecule has 0 saturated heterocycles. The van der Waals surface area contributed by atoms with E-state index in [-0.39, 0.29) is 11.3 Å². The van der Waals surface area contributed by atoms with Gasteiger partial charge >= 0.3 is 6.61 Å². The van der Waals surface area contributed by atoms with Crippen LogP contribution < -0.4 is 4.74 Å². The van der Waals surface area contributed by atoms with Crippen LogP contribution in [0.25, 0.3) is 0 Å². The Hall–Kier alpha value is -1.45. The Morgan fingerprint density at radius 1 is 1.33 bits per heavy atom. The smallest absolute Gasteiger partial charge is 0.387 e. The van der Waals surface area contributed by atoms with Crippen LogP contribution in [-0.4, -0.2) is 12.9 Å². The number of para-hydroxylation sites is 1. The van der Waals surface area contributed by atoms with Crippen molar-refractivity contribution >= 4 is 6.29 Å². The lowest BCUT2D eigenvalue weighted by Gasteiger charge is -2.04. The third kappa shape index (κ3) is 2.02. The van der Waals surface area contributed by atoms with Crippen LogP contribution in [0.2, 0.25) is 0 Å². The Morgan fingerprint density at radius 2 is 2.00 bits per heavy atom. The van der Waals surface area contributed by atoms with E-state index in [9.17, 15) is 13.6 Å². The van der Waals surface area contributed by atoms with Gasteiger partial charge in [-0.3, -0.25) is 4.79 Å². The summed E-state index contributed by atoms with van der Waals surface area (Å²) in [4.78, 5) is 10.2. The molecule has 0 saturated carbocycles. The minimum Gasteiger partial charge on any atom is -0.434 e. The van der Waals surface area contributed by atoms with Crippen LogP contribution in [0.15, 0.2) is 24.3 Å². The molecule has 0 spiro atoms. The molecule has 0 heterocycles. The zero-order valence-corrected chi connectivity index (χ0v) is 5.96. The molecule has 0 aliphatic heterocycles. The summed E-state index contributed by atoms with van der Waals surface area (Å²) in [6, 6.07) is 5.67. The molecule has 0 atom stereocenters. The maximum absolute atomic E-state index is 11.7. The van der Waals surface area contributed by atoms with E-state index in [2.05, 4.69) is 4.74 Å². The number of benzene rings is 1. The quantitative estimate of drug-likeness (QED) is 0.692. The summed E-state index contributed by atoms with van der Waals surface area (Å²) in [5, 5.41) is 0. The highest BCUT2D eigenvalue weighted by Gasteiger charge is 2.07. The zero-order chi connectivity index (χ0) is 8.97. The van der Waals surface area contributed by atoms with E-state index < -0.39 is 6.61 Å². The number of alkyl halides is 2. The van der Waals surface area contributed by atoms with Crippen molar-refractivity contribution in [2.24, 2.45) is 0 Å². The maximum Gasteiger partial charge on any atom is 0.387 e. The van der Waals surface area contributed by atoms with E-state index in [0.29, 0.717) is 0 Å². The molecule has 1 aromatic rings. The SMILES string of the molecule is O=[C]c1ccccc1OC(F)F. The summed E-state index contributed by atoms with van der Waals surface area (Å²) >= 11 is 0. The zero-order valence-electron chi connectivity index (χ0n) is 5.96. The summed E-state index contributed by atoms with van der Waals surface area (Å²) in [7, 11) is 0. The van der Waals surface area contributed by atoms with Crippen LogP contribution in [0.4, 0.5) is 8.78 Å². The molecule has 0 N–H and O–H groups in total. The van der Waals surface area contributed by atoms with Crippen molar-refractivity contribution < 1.29 is 18.3 Å². The molecular formula is C8H5F2O2. The third-order valence-electron chi connectivity index (χ3n) is 1.21. The molecule has 2 nitrogen and oxygen atoms in total. The van der Waals surface area contributed by atoms with Gasteiger partial charge in [0.25, 0.3) is 0 Å². The van der Waals surface area contributed by atoms with Crippen molar-refractivity contribution in [1.29, 1.82) is 0 Å². The van der Waals surface area contributed by atoms with Gasteiger partial charge in [-0.1, -0.05) is 12.1 Å². The van der Waals surface area contributed by atoms with E-state index in [0.717, 1.165) is 0 Å². The van der Waals surface area contributed by atoms with E-state index in [1.165, 1.54) is 24.5 Å². The average molecular weight is 171 g/mol. The van der Waals surface area contributed by atoms with Crippen LogP contribution in [-0.2, 0) is 4.79 Å². The van der Waals surface area contributed by atoms with Gasteiger partial charge in [0.15, 0.2) is 0 Å². The first-order valence-corrected chi connectivity index (χ1v) is 3.16. The molecule has 0 aliphatic rings. The predicted octanol–water partition coefficient (Wildman–Crippen LogP) is 1.75. The summed E-state index contributed by atoms with van der Waals surface area (Å²) < 4.78 is 27.4. The van der Waals surface area contributed by atoms with Gasteiger partial charge in [-0.2, -0.15) is 8.78 Å². The second-order valence-corrected chi connectivity index (χ2v) is 1.98. The molecule has 1 radical (unpaired) electrons. The molecule has 0 aromatic heterocycles. The monoisotopic (exact) mass is 171 g/mol. The molecular weight excluding hydrogens is 166 g/mol. The first-order valence-electron chi connectivity index (χ1n) is 3.16. The number of ether oxygens (including phenoxy) is 1. The average Bonchev–Trinajstić information content (AvgIpc) is 2.04. The Kier molecular flexibility index (Phi) is 2.74. The third-order valence-corrected chi connectivity index (χ3v) is 1.21. The number of carbonyl (C=O) groups excluding carboxylic acids is 1. The minimum absolute atomic E-state index is 0.00204. The Morgan fingerprint density at radius 3 is 2.58 bits per heavy atom.